The van der Waals surface area contributed by atoms with E-state index in [9.17, 15) is 19.3 Å². The van der Waals surface area contributed by atoms with Crippen LogP contribution in [-0.4, -0.2) is 20.8 Å². The second kappa shape index (κ2) is 8.54. The van der Waals surface area contributed by atoms with E-state index in [2.05, 4.69) is 26.1 Å². The standard InChI is InChI=1S/C18H15FN6O3/c19-14-8-6-13(7-9-14)17(26)24-23-16-15(25(27)28)11-21-18(22-16)20-10-12-4-2-1-3-5-12/h1-9,11H,10H2,(H,24,26)(H2,20,21,22,23). The second-order valence-electron chi connectivity index (χ2n) is 5.61. The Labute approximate surface area is 158 Å². The third-order valence-electron chi connectivity index (χ3n) is 3.66. The molecule has 0 radical (unpaired) electrons. The van der Waals surface area contributed by atoms with Gasteiger partial charge in [0.05, 0.1) is 4.92 Å². The average molecular weight is 382 g/mol. The van der Waals surface area contributed by atoms with Crippen LogP contribution in [0.1, 0.15) is 15.9 Å². The molecule has 0 bridgehead atoms. The number of anilines is 2. The molecule has 0 saturated carbocycles. The van der Waals surface area contributed by atoms with E-state index in [1.54, 1.807) is 0 Å². The first-order valence-corrected chi connectivity index (χ1v) is 8.14. The molecule has 3 N–H and O–H groups in total. The monoisotopic (exact) mass is 382 g/mol. The molecule has 9 nitrogen and oxygen atoms in total. The minimum Gasteiger partial charge on any atom is -0.350 e. The fourth-order valence-corrected chi connectivity index (χ4v) is 2.25. The Kier molecular flexibility index (Phi) is 5.70. The average Bonchev–Trinajstić information content (AvgIpc) is 2.71. The van der Waals surface area contributed by atoms with Crippen LogP contribution in [0, 0.1) is 15.9 Å². The van der Waals surface area contributed by atoms with E-state index in [4.69, 9.17) is 0 Å². The molecule has 0 aliphatic heterocycles. The first-order valence-electron chi connectivity index (χ1n) is 8.14. The van der Waals surface area contributed by atoms with Crippen molar-refractivity contribution in [3.05, 3.63) is 87.9 Å². The Balaban J connectivity index is 1.71. The molecule has 0 spiro atoms. The molecule has 1 amide bonds. The van der Waals surface area contributed by atoms with Gasteiger partial charge in [-0.15, -0.1) is 0 Å². The minimum atomic E-state index is -0.673. The van der Waals surface area contributed by atoms with Crippen LogP contribution in [-0.2, 0) is 6.54 Å². The molecule has 0 aliphatic carbocycles. The lowest BCUT2D eigenvalue weighted by Crippen LogP contribution is -2.30. The number of nitro groups is 1. The van der Waals surface area contributed by atoms with Gasteiger partial charge in [-0.1, -0.05) is 30.3 Å². The molecule has 0 unspecified atom stereocenters. The number of carbonyl (C=O) groups excluding carboxylic acids is 1. The third kappa shape index (κ3) is 4.75. The molecule has 3 rings (SSSR count). The fourth-order valence-electron chi connectivity index (χ4n) is 2.25. The number of rotatable bonds is 7. The van der Waals surface area contributed by atoms with Gasteiger partial charge in [0.15, 0.2) is 0 Å². The van der Waals surface area contributed by atoms with Gasteiger partial charge in [0.1, 0.15) is 12.0 Å². The highest BCUT2D eigenvalue weighted by Crippen LogP contribution is 2.21. The fraction of sp³-hybridized carbons (Fsp3) is 0.0556. The number of nitrogens with zero attached hydrogens (tertiary/aromatic N) is 3. The lowest BCUT2D eigenvalue weighted by molar-refractivity contribution is -0.384. The van der Waals surface area contributed by atoms with Gasteiger partial charge in [0, 0.05) is 12.1 Å². The predicted octanol–water partition coefficient (Wildman–Crippen LogP) is 2.89. The van der Waals surface area contributed by atoms with Gasteiger partial charge in [0.25, 0.3) is 5.91 Å². The number of aromatic nitrogens is 2. The minimum absolute atomic E-state index is 0.146. The van der Waals surface area contributed by atoms with Crippen molar-refractivity contribution in [1.29, 1.82) is 0 Å². The number of nitrogens with one attached hydrogen (secondary N) is 3. The van der Waals surface area contributed by atoms with Crippen LogP contribution in [0.2, 0.25) is 0 Å². The maximum Gasteiger partial charge on any atom is 0.331 e. The molecule has 28 heavy (non-hydrogen) atoms. The summed E-state index contributed by atoms with van der Waals surface area (Å²) in [7, 11) is 0. The van der Waals surface area contributed by atoms with Gasteiger partial charge in [-0.25, -0.2) is 9.37 Å². The molecule has 142 valence electrons. The van der Waals surface area contributed by atoms with Crippen molar-refractivity contribution < 1.29 is 14.1 Å². The SMILES string of the molecule is O=C(NNc1nc(NCc2ccccc2)ncc1[N+](=O)[O-])c1ccc(F)cc1. The quantitative estimate of drug-likeness (QED) is 0.424. The van der Waals surface area contributed by atoms with E-state index in [-0.39, 0.29) is 17.3 Å². The molecular weight excluding hydrogens is 367 g/mol. The van der Waals surface area contributed by atoms with Gasteiger partial charge >= 0.3 is 5.69 Å². The van der Waals surface area contributed by atoms with Crippen molar-refractivity contribution in [3.63, 3.8) is 0 Å². The maximum absolute atomic E-state index is 12.9. The number of amides is 1. The Bertz CT molecular complexity index is 982. The van der Waals surface area contributed by atoms with Crippen LogP contribution < -0.4 is 16.2 Å². The zero-order chi connectivity index (χ0) is 19.9. The molecule has 3 aromatic rings. The smallest absolute Gasteiger partial charge is 0.331 e. The molecule has 0 atom stereocenters. The Hall–Kier alpha value is -4.08. The molecular formula is C18H15FN6O3. The van der Waals surface area contributed by atoms with Crippen LogP contribution >= 0.6 is 0 Å². The maximum atomic E-state index is 12.9. The van der Waals surface area contributed by atoms with Crippen LogP contribution in [0.3, 0.4) is 0 Å². The van der Waals surface area contributed by atoms with E-state index in [1.165, 1.54) is 12.1 Å². The third-order valence-corrected chi connectivity index (χ3v) is 3.66. The van der Waals surface area contributed by atoms with Gasteiger partial charge in [-0.3, -0.25) is 25.8 Å². The first kappa shape index (κ1) is 18.7. The van der Waals surface area contributed by atoms with E-state index >= 15 is 0 Å². The van der Waals surface area contributed by atoms with Gasteiger partial charge in [-0.2, -0.15) is 4.98 Å². The Morgan fingerprint density at radius 2 is 1.82 bits per heavy atom. The summed E-state index contributed by atoms with van der Waals surface area (Å²) >= 11 is 0. The number of benzene rings is 2. The molecule has 10 heteroatoms. The Morgan fingerprint density at radius 1 is 1.11 bits per heavy atom. The van der Waals surface area contributed by atoms with E-state index in [0.717, 1.165) is 23.9 Å². The molecule has 2 aromatic carbocycles. The van der Waals surface area contributed by atoms with Crippen molar-refractivity contribution in [2.45, 2.75) is 6.54 Å². The zero-order valence-electron chi connectivity index (χ0n) is 14.4. The van der Waals surface area contributed by atoms with E-state index < -0.39 is 22.3 Å². The molecule has 0 aliphatic rings. The first-order chi connectivity index (χ1) is 13.5. The summed E-state index contributed by atoms with van der Waals surface area (Å²) < 4.78 is 12.9. The van der Waals surface area contributed by atoms with E-state index in [0.29, 0.717) is 6.54 Å². The molecule has 1 aromatic heterocycles. The Morgan fingerprint density at radius 3 is 2.50 bits per heavy atom. The largest absolute Gasteiger partial charge is 0.350 e. The van der Waals surface area contributed by atoms with Crippen molar-refractivity contribution in [1.82, 2.24) is 15.4 Å². The molecule has 0 fully saturated rings. The van der Waals surface area contributed by atoms with Crippen molar-refractivity contribution in [2.24, 2.45) is 0 Å². The molecule has 0 saturated heterocycles. The highest BCUT2D eigenvalue weighted by Gasteiger charge is 2.18. The van der Waals surface area contributed by atoms with Crippen molar-refractivity contribution in [3.8, 4) is 0 Å². The highest BCUT2D eigenvalue weighted by atomic mass is 19.1. The topological polar surface area (TPSA) is 122 Å². The van der Waals surface area contributed by atoms with Crippen molar-refractivity contribution >= 4 is 23.4 Å². The number of hydrogen-bond acceptors (Lipinski definition) is 7. The second-order valence-corrected chi connectivity index (χ2v) is 5.61. The summed E-state index contributed by atoms with van der Waals surface area (Å²) in [6, 6.07) is 14.3. The van der Waals surface area contributed by atoms with Gasteiger partial charge < -0.3 is 5.32 Å². The van der Waals surface area contributed by atoms with Crippen LogP contribution in [0.15, 0.2) is 60.8 Å². The molecule has 1 heterocycles. The lowest BCUT2D eigenvalue weighted by atomic mass is 10.2. The zero-order valence-corrected chi connectivity index (χ0v) is 14.4. The van der Waals surface area contributed by atoms with Gasteiger partial charge in [0.2, 0.25) is 11.8 Å². The summed E-state index contributed by atoms with van der Waals surface area (Å²) in [6.07, 6.45) is 1.03. The van der Waals surface area contributed by atoms with E-state index in [1.807, 2.05) is 30.3 Å². The summed E-state index contributed by atoms with van der Waals surface area (Å²) in [5.74, 6) is -1.13. The number of carbonyl (C=O) groups is 1. The summed E-state index contributed by atoms with van der Waals surface area (Å²) in [5.41, 5.74) is 5.45. The number of halogens is 1. The van der Waals surface area contributed by atoms with Crippen LogP contribution in [0.5, 0.6) is 0 Å². The van der Waals surface area contributed by atoms with Crippen LogP contribution in [0.4, 0.5) is 21.8 Å². The van der Waals surface area contributed by atoms with Crippen LogP contribution in [0.25, 0.3) is 0 Å². The number of hydrogen-bond donors (Lipinski definition) is 3. The van der Waals surface area contributed by atoms with Gasteiger partial charge in [-0.05, 0) is 29.8 Å². The van der Waals surface area contributed by atoms with Crippen molar-refractivity contribution in [2.75, 3.05) is 10.7 Å². The predicted molar refractivity (Wildman–Crippen MR) is 99.9 cm³/mol. The highest BCUT2D eigenvalue weighted by molar-refractivity contribution is 5.94. The summed E-state index contributed by atoms with van der Waals surface area (Å²) in [5, 5.41) is 14.1. The summed E-state index contributed by atoms with van der Waals surface area (Å²) in [4.78, 5) is 30.5. The number of hydrazine groups is 1. The normalized spacial score (nSPS) is 10.2. The lowest BCUT2D eigenvalue weighted by Gasteiger charge is -2.10. The summed E-state index contributed by atoms with van der Waals surface area (Å²) in [6.45, 7) is 0.417.